The number of hydrogen-bond donors (Lipinski definition) is 1. The van der Waals surface area contributed by atoms with Gasteiger partial charge in [0, 0.05) is 0 Å². The highest BCUT2D eigenvalue weighted by Gasteiger charge is 2.15. The molecule has 2 unspecified atom stereocenters. The minimum atomic E-state index is -0.388. The third-order valence-corrected chi connectivity index (χ3v) is 3.49. The van der Waals surface area contributed by atoms with Crippen LogP contribution in [0.25, 0.3) is 0 Å². The third kappa shape index (κ3) is 2.99. The summed E-state index contributed by atoms with van der Waals surface area (Å²) in [5.41, 5.74) is 3.48. The molecule has 0 aliphatic rings. The van der Waals surface area contributed by atoms with E-state index in [4.69, 9.17) is 0 Å². The fourth-order valence-electron chi connectivity index (χ4n) is 2.34. The van der Waals surface area contributed by atoms with Gasteiger partial charge in [-0.15, -0.1) is 0 Å². The average Bonchev–Trinajstić information content (AvgIpc) is 2.40. The Labute approximate surface area is 109 Å². The van der Waals surface area contributed by atoms with Crippen LogP contribution in [-0.2, 0) is 0 Å². The molecule has 0 fully saturated rings. The van der Waals surface area contributed by atoms with Gasteiger partial charge in [-0.1, -0.05) is 61.5 Å². The molecule has 0 aromatic heterocycles. The van der Waals surface area contributed by atoms with Gasteiger partial charge < -0.3 is 5.11 Å². The molecule has 0 aliphatic carbocycles. The number of rotatable bonds is 4. The second-order valence-corrected chi connectivity index (χ2v) is 4.92. The van der Waals surface area contributed by atoms with Crippen LogP contribution in [0.1, 0.15) is 42.1 Å². The molecule has 0 saturated carbocycles. The molecule has 0 radical (unpaired) electrons. The van der Waals surface area contributed by atoms with Crippen LogP contribution in [0.4, 0.5) is 0 Å². The van der Waals surface area contributed by atoms with Crippen molar-refractivity contribution in [1.29, 1.82) is 0 Å². The standard InChI is InChI=1S/C17H20O/c1-13-8-6-7-11-16(13)17(18)12-14(2)15-9-4-3-5-10-15/h3-11,14,17-18H,12H2,1-2H3. The van der Waals surface area contributed by atoms with Gasteiger partial charge in [0.1, 0.15) is 0 Å². The Kier molecular flexibility index (Phi) is 4.16. The summed E-state index contributed by atoms with van der Waals surface area (Å²) in [5, 5.41) is 10.3. The van der Waals surface area contributed by atoms with Gasteiger partial charge in [0.15, 0.2) is 0 Å². The van der Waals surface area contributed by atoms with Crippen LogP contribution in [0.5, 0.6) is 0 Å². The zero-order valence-electron chi connectivity index (χ0n) is 11.0. The van der Waals surface area contributed by atoms with E-state index in [2.05, 4.69) is 19.1 Å². The highest BCUT2D eigenvalue weighted by Crippen LogP contribution is 2.29. The molecule has 0 spiro atoms. The van der Waals surface area contributed by atoms with E-state index in [1.165, 1.54) is 5.56 Å². The van der Waals surface area contributed by atoms with Crippen molar-refractivity contribution in [1.82, 2.24) is 0 Å². The van der Waals surface area contributed by atoms with Gasteiger partial charge in [0.05, 0.1) is 6.10 Å². The lowest BCUT2D eigenvalue weighted by molar-refractivity contribution is 0.159. The molecule has 0 amide bonds. The summed E-state index contributed by atoms with van der Waals surface area (Å²) in [7, 11) is 0. The lowest BCUT2D eigenvalue weighted by atomic mass is 9.91. The molecule has 2 aromatic carbocycles. The van der Waals surface area contributed by atoms with Crippen molar-refractivity contribution in [3.8, 4) is 0 Å². The van der Waals surface area contributed by atoms with Gasteiger partial charge in [-0.2, -0.15) is 0 Å². The first-order valence-corrected chi connectivity index (χ1v) is 6.47. The van der Waals surface area contributed by atoms with Gasteiger partial charge in [-0.25, -0.2) is 0 Å². The molecule has 0 bridgehead atoms. The van der Waals surface area contributed by atoms with E-state index in [-0.39, 0.29) is 6.10 Å². The SMILES string of the molecule is Cc1ccccc1C(O)CC(C)c1ccccc1. The lowest BCUT2D eigenvalue weighted by Gasteiger charge is -2.18. The number of hydrogen-bond acceptors (Lipinski definition) is 1. The zero-order valence-corrected chi connectivity index (χ0v) is 11.0. The molecule has 18 heavy (non-hydrogen) atoms. The normalized spacial score (nSPS) is 14.2. The first-order chi connectivity index (χ1) is 8.68. The molecule has 1 N–H and O–H groups in total. The summed E-state index contributed by atoms with van der Waals surface area (Å²) < 4.78 is 0. The van der Waals surface area contributed by atoms with Crippen LogP contribution in [0, 0.1) is 6.92 Å². The summed E-state index contributed by atoms with van der Waals surface area (Å²) in [5.74, 6) is 0.362. The molecule has 94 valence electrons. The van der Waals surface area contributed by atoms with Gasteiger partial charge in [-0.05, 0) is 36.0 Å². The van der Waals surface area contributed by atoms with Gasteiger partial charge in [0.25, 0.3) is 0 Å². The van der Waals surface area contributed by atoms with Crippen LogP contribution < -0.4 is 0 Å². The van der Waals surface area contributed by atoms with E-state index in [1.54, 1.807) is 0 Å². The van der Waals surface area contributed by atoms with Crippen LogP contribution in [0.15, 0.2) is 54.6 Å². The van der Waals surface area contributed by atoms with Gasteiger partial charge in [-0.3, -0.25) is 0 Å². The molecule has 0 aliphatic heterocycles. The van der Waals surface area contributed by atoms with Crippen LogP contribution in [0.3, 0.4) is 0 Å². The number of aryl methyl sites for hydroxylation is 1. The third-order valence-electron chi connectivity index (χ3n) is 3.49. The topological polar surface area (TPSA) is 20.2 Å². The van der Waals surface area contributed by atoms with Crippen molar-refractivity contribution >= 4 is 0 Å². The molecule has 2 aromatic rings. The number of benzene rings is 2. The zero-order chi connectivity index (χ0) is 13.0. The molecule has 2 rings (SSSR count). The molecular formula is C17H20O. The Hall–Kier alpha value is -1.60. The quantitative estimate of drug-likeness (QED) is 0.848. The highest BCUT2D eigenvalue weighted by atomic mass is 16.3. The first-order valence-electron chi connectivity index (χ1n) is 6.47. The van der Waals surface area contributed by atoms with Crippen LogP contribution in [-0.4, -0.2) is 5.11 Å². The minimum absolute atomic E-state index is 0.362. The maximum absolute atomic E-state index is 10.3. The summed E-state index contributed by atoms with van der Waals surface area (Å²) in [6.45, 7) is 4.21. The largest absolute Gasteiger partial charge is 0.388 e. The van der Waals surface area contributed by atoms with E-state index in [0.717, 1.165) is 17.5 Å². The summed E-state index contributed by atoms with van der Waals surface area (Å²) in [4.78, 5) is 0. The predicted molar refractivity (Wildman–Crippen MR) is 75.6 cm³/mol. The van der Waals surface area contributed by atoms with Crippen molar-refractivity contribution in [3.05, 3.63) is 71.3 Å². The fourth-order valence-corrected chi connectivity index (χ4v) is 2.34. The number of aliphatic hydroxyl groups is 1. The first kappa shape index (κ1) is 12.8. The summed E-state index contributed by atoms with van der Waals surface area (Å²) in [6, 6.07) is 18.4. The van der Waals surface area contributed by atoms with Crippen molar-refractivity contribution < 1.29 is 5.11 Å². The Morgan fingerprint density at radius 3 is 2.22 bits per heavy atom. The lowest BCUT2D eigenvalue weighted by Crippen LogP contribution is -2.05. The van der Waals surface area contributed by atoms with Crippen molar-refractivity contribution in [3.63, 3.8) is 0 Å². The van der Waals surface area contributed by atoms with Crippen molar-refractivity contribution in [2.45, 2.75) is 32.3 Å². The Balaban J connectivity index is 2.08. The Morgan fingerprint density at radius 1 is 0.944 bits per heavy atom. The van der Waals surface area contributed by atoms with E-state index in [9.17, 15) is 5.11 Å². The Morgan fingerprint density at radius 2 is 1.56 bits per heavy atom. The molecule has 2 atom stereocenters. The van der Waals surface area contributed by atoms with E-state index < -0.39 is 0 Å². The van der Waals surface area contributed by atoms with E-state index in [0.29, 0.717) is 5.92 Å². The van der Waals surface area contributed by atoms with Gasteiger partial charge in [0.2, 0.25) is 0 Å². The predicted octanol–water partition coefficient (Wildman–Crippen LogP) is 4.22. The molecule has 0 saturated heterocycles. The fraction of sp³-hybridized carbons (Fsp3) is 0.294. The van der Waals surface area contributed by atoms with Gasteiger partial charge >= 0.3 is 0 Å². The van der Waals surface area contributed by atoms with Crippen molar-refractivity contribution in [2.75, 3.05) is 0 Å². The molecule has 0 heterocycles. The smallest absolute Gasteiger partial charge is 0.0798 e. The maximum Gasteiger partial charge on any atom is 0.0798 e. The van der Waals surface area contributed by atoms with Crippen molar-refractivity contribution in [2.24, 2.45) is 0 Å². The van der Waals surface area contributed by atoms with E-state index in [1.807, 2.05) is 49.4 Å². The second-order valence-electron chi connectivity index (χ2n) is 4.92. The Bertz CT molecular complexity index is 490. The maximum atomic E-state index is 10.3. The minimum Gasteiger partial charge on any atom is -0.388 e. The average molecular weight is 240 g/mol. The monoisotopic (exact) mass is 240 g/mol. The molecule has 1 heteroatoms. The van der Waals surface area contributed by atoms with E-state index >= 15 is 0 Å². The molecule has 1 nitrogen and oxygen atoms in total. The van der Waals surface area contributed by atoms with Crippen LogP contribution >= 0.6 is 0 Å². The summed E-state index contributed by atoms with van der Waals surface area (Å²) >= 11 is 0. The highest BCUT2D eigenvalue weighted by molar-refractivity contribution is 5.28. The second kappa shape index (κ2) is 5.83. The van der Waals surface area contributed by atoms with Crippen LogP contribution in [0.2, 0.25) is 0 Å². The molecular weight excluding hydrogens is 220 g/mol. The summed E-state index contributed by atoms with van der Waals surface area (Å²) in [6.07, 6.45) is 0.371. The number of aliphatic hydroxyl groups excluding tert-OH is 1.